The molecule has 1 saturated heterocycles. The van der Waals surface area contributed by atoms with E-state index in [2.05, 4.69) is 6.58 Å². The van der Waals surface area contributed by atoms with Crippen molar-refractivity contribution in [2.75, 3.05) is 5.75 Å². The Morgan fingerprint density at radius 3 is 2.89 bits per heavy atom. The molecular formula is C12H15NO4S. The van der Waals surface area contributed by atoms with E-state index in [0.29, 0.717) is 17.1 Å². The summed E-state index contributed by atoms with van der Waals surface area (Å²) in [6.07, 6.45) is 1.47. The number of nitrogens with zero attached hydrogens (tertiary/aromatic N) is 1. The van der Waals surface area contributed by atoms with E-state index in [1.165, 1.54) is 16.7 Å². The molecule has 0 radical (unpaired) electrons. The van der Waals surface area contributed by atoms with Crippen molar-refractivity contribution < 1.29 is 19.8 Å². The second-order valence-corrected chi connectivity index (χ2v) is 5.54. The summed E-state index contributed by atoms with van der Waals surface area (Å²) in [6.45, 7) is 5.16. The molecule has 2 rings (SSSR count). The summed E-state index contributed by atoms with van der Waals surface area (Å²) < 4.78 is 0. The molecule has 0 aliphatic carbocycles. The van der Waals surface area contributed by atoms with Gasteiger partial charge in [0.25, 0.3) is 0 Å². The van der Waals surface area contributed by atoms with Crippen LogP contribution in [0.25, 0.3) is 0 Å². The zero-order valence-corrected chi connectivity index (χ0v) is 10.8. The van der Waals surface area contributed by atoms with Gasteiger partial charge in [0, 0.05) is 17.1 Å². The highest BCUT2D eigenvalue weighted by molar-refractivity contribution is 8.03. The number of thioether (sulfide) groups is 1. The van der Waals surface area contributed by atoms with Crippen LogP contribution in [0.1, 0.15) is 13.3 Å². The molecule has 6 heteroatoms. The average Bonchev–Trinajstić information content (AvgIpc) is 2.60. The van der Waals surface area contributed by atoms with E-state index in [4.69, 9.17) is 0 Å². The molecule has 2 aliphatic rings. The Morgan fingerprint density at radius 2 is 2.39 bits per heavy atom. The number of carboxylic acids is 1. The lowest BCUT2D eigenvalue weighted by Gasteiger charge is -2.44. The van der Waals surface area contributed by atoms with Gasteiger partial charge in [0.2, 0.25) is 5.91 Å². The number of aliphatic hydroxyl groups excluding tert-OH is 1. The van der Waals surface area contributed by atoms with E-state index >= 15 is 0 Å². The summed E-state index contributed by atoms with van der Waals surface area (Å²) in [5, 5.41) is 18.7. The molecule has 0 aromatic heterocycles. The molecule has 5 nitrogen and oxygen atoms in total. The number of fused-ring (bicyclic) bond motifs is 1. The minimum absolute atomic E-state index is 0.0775. The van der Waals surface area contributed by atoms with Crippen LogP contribution in [-0.4, -0.2) is 44.9 Å². The van der Waals surface area contributed by atoms with Gasteiger partial charge in [-0.25, -0.2) is 4.79 Å². The average molecular weight is 269 g/mol. The maximum atomic E-state index is 11.9. The number of β-lactam (4-membered cyclic amide) rings is 1. The molecule has 98 valence electrons. The zero-order chi connectivity index (χ0) is 13.4. The maximum absolute atomic E-state index is 11.9. The molecule has 3 atom stereocenters. The molecule has 0 spiro atoms. The lowest BCUT2D eigenvalue weighted by Crippen LogP contribution is -2.61. The second kappa shape index (κ2) is 4.78. The first-order valence-corrected chi connectivity index (χ1v) is 6.68. The topological polar surface area (TPSA) is 77.8 Å². The van der Waals surface area contributed by atoms with Gasteiger partial charge in [-0.05, 0) is 6.92 Å². The van der Waals surface area contributed by atoms with Gasteiger partial charge in [0.15, 0.2) is 0 Å². The lowest BCUT2D eigenvalue weighted by molar-refractivity contribution is -0.161. The third-order valence-corrected chi connectivity index (χ3v) is 4.38. The van der Waals surface area contributed by atoms with Crippen molar-refractivity contribution in [1.29, 1.82) is 0 Å². The number of carbonyl (C=O) groups excluding carboxylic acids is 1. The molecule has 2 heterocycles. The van der Waals surface area contributed by atoms with E-state index in [-0.39, 0.29) is 17.6 Å². The minimum atomic E-state index is -1.08. The largest absolute Gasteiger partial charge is 0.477 e. The van der Waals surface area contributed by atoms with E-state index in [0.717, 1.165) is 0 Å². The number of amides is 1. The molecule has 18 heavy (non-hydrogen) atoms. The van der Waals surface area contributed by atoms with Crippen LogP contribution in [0, 0.1) is 5.92 Å². The first kappa shape index (κ1) is 13.2. The third-order valence-electron chi connectivity index (χ3n) is 3.27. The monoisotopic (exact) mass is 269 g/mol. The first-order valence-electron chi connectivity index (χ1n) is 5.70. The number of aliphatic carboxylic acids is 1. The number of hydrogen-bond acceptors (Lipinski definition) is 4. The van der Waals surface area contributed by atoms with Crippen LogP contribution in [-0.2, 0) is 9.59 Å². The molecule has 1 amide bonds. The number of aliphatic hydroxyl groups is 1. The van der Waals surface area contributed by atoms with Gasteiger partial charge < -0.3 is 15.1 Å². The van der Waals surface area contributed by atoms with Crippen LogP contribution < -0.4 is 0 Å². The molecule has 0 aromatic rings. The van der Waals surface area contributed by atoms with Gasteiger partial charge >= 0.3 is 5.97 Å². The summed E-state index contributed by atoms with van der Waals surface area (Å²) in [4.78, 5) is 25.1. The van der Waals surface area contributed by atoms with Gasteiger partial charge in [0.05, 0.1) is 18.1 Å². The van der Waals surface area contributed by atoms with E-state index in [9.17, 15) is 19.8 Å². The van der Waals surface area contributed by atoms with Crippen molar-refractivity contribution in [2.24, 2.45) is 5.92 Å². The Morgan fingerprint density at radius 1 is 1.72 bits per heavy atom. The minimum Gasteiger partial charge on any atom is -0.477 e. The number of rotatable bonds is 5. The molecule has 2 aliphatic heterocycles. The highest BCUT2D eigenvalue weighted by Gasteiger charge is 2.56. The summed E-state index contributed by atoms with van der Waals surface area (Å²) >= 11 is 1.39. The number of hydrogen-bond donors (Lipinski definition) is 2. The normalized spacial score (nSPS) is 27.9. The Labute approximate surface area is 109 Å². The highest BCUT2D eigenvalue weighted by atomic mass is 32.2. The predicted octanol–water partition coefficient (Wildman–Crippen LogP) is 0.813. The first-order chi connectivity index (χ1) is 8.49. The van der Waals surface area contributed by atoms with Crippen LogP contribution in [0.3, 0.4) is 0 Å². The van der Waals surface area contributed by atoms with Crippen molar-refractivity contribution in [2.45, 2.75) is 25.5 Å². The number of carboxylic acid groups (broad SMARTS) is 1. The molecule has 0 bridgehead atoms. The summed E-state index contributed by atoms with van der Waals surface area (Å²) in [7, 11) is 0. The van der Waals surface area contributed by atoms with Crippen molar-refractivity contribution in [3.05, 3.63) is 23.3 Å². The Balaban J connectivity index is 2.24. The molecule has 0 saturated carbocycles. The summed E-state index contributed by atoms with van der Waals surface area (Å²) in [5.41, 5.74) is 0.0775. The quantitative estimate of drug-likeness (QED) is 0.570. The van der Waals surface area contributed by atoms with Gasteiger partial charge in [-0.2, -0.15) is 0 Å². The van der Waals surface area contributed by atoms with Crippen LogP contribution >= 0.6 is 11.8 Å². The van der Waals surface area contributed by atoms with Crippen LogP contribution in [0.15, 0.2) is 23.3 Å². The zero-order valence-electron chi connectivity index (χ0n) is 10.00. The molecule has 0 aromatic carbocycles. The van der Waals surface area contributed by atoms with E-state index in [1.807, 2.05) is 0 Å². The van der Waals surface area contributed by atoms with Gasteiger partial charge in [-0.3, -0.25) is 4.79 Å². The van der Waals surface area contributed by atoms with Crippen LogP contribution in [0.4, 0.5) is 0 Å². The fourth-order valence-corrected chi connectivity index (χ4v) is 3.45. The molecule has 0 unspecified atom stereocenters. The molecular weight excluding hydrogens is 254 g/mol. The lowest BCUT2D eigenvalue weighted by atomic mass is 9.83. The van der Waals surface area contributed by atoms with Crippen LogP contribution in [0.2, 0.25) is 0 Å². The SMILES string of the molecule is C=CCSC1=C(C(=O)O)N2C(=O)[C@@H]([C@H](C)O)[C@H]2C1. The third kappa shape index (κ3) is 1.85. The molecule has 1 fully saturated rings. The maximum Gasteiger partial charge on any atom is 0.353 e. The number of carbonyl (C=O) groups is 2. The fourth-order valence-electron chi connectivity index (χ4n) is 2.52. The Kier molecular flexibility index (Phi) is 3.49. The smallest absolute Gasteiger partial charge is 0.353 e. The summed E-state index contributed by atoms with van der Waals surface area (Å²) in [6, 6.07) is -0.198. The van der Waals surface area contributed by atoms with Crippen molar-refractivity contribution >= 4 is 23.6 Å². The van der Waals surface area contributed by atoms with Gasteiger partial charge in [0.1, 0.15) is 5.70 Å². The van der Waals surface area contributed by atoms with Gasteiger partial charge in [-0.1, -0.05) is 6.08 Å². The van der Waals surface area contributed by atoms with E-state index in [1.54, 1.807) is 13.0 Å². The summed E-state index contributed by atoms with van der Waals surface area (Å²) in [5.74, 6) is -1.23. The van der Waals surface area contributed by atoms with Crippen molar-refractivity contribution in [3.8, 4) is 0 Å². The van der Waals surface area contributed by atoms with Crippen LogP contribution in [0.5, 0.6) is 0 Å². The second-order valence-electron chi connectivity index (χ2n) is 4.42. The fraction of sp³-hybridized carbons (Fsp3) is 0.500. The predicted molar refractivity (Wildman–Crippen MR) is 67.7 cm³/mol. The van der Waals surface area contributed by atoms with E-state index < -0.39 is 18.0 Å². The van der Waals surface area contributed by atoms with Crippen molar-refractivity contribution in [1.82, 2.24) is 4.90 Å². The van der Waals surface area contributed by atoms with Gasteiger partial charge in [-0.15, -0.1) is 18.3 Å². The molecule has 2 N–H and O–H groups in total. The standard InChI is InChI=1S/C12H15NO4S/c1-3-4-18-8-5-7-9(6(2)14)11(15)13(7)10(8)12(16)17/h3,6-7,9,14H,1,4-5H2,2H3,(H,16,17)/t6-,7+,9-/m0/s1. The Hall–Kier alpha value is -1.27. The highest BCUT2D eigenvalue weighted by Crippen LogP contribution is 2.46. The van der Waals surface area contributed by atoms with Crippen molar-refractivity contribution in [3.63, 3.8) is 0 Å². The Bertz CT molecular complexity index is 443.